The molecule has 4 aromatic rings. The molecule has 5 nitrogen and oxygen atoms in total. The average Bonchev–Trinajstić information content (AvgIpc) is 3.16. The zero-order valence-electron chi connectivity index (χ0n) is 16.8. The Morgan fingerprint density at radius 2 is 1.80 bits per heavy atom. The summed E-state index contributed by atoms with van der Waals surface area (Å²) in [6.45, 7) is 3.71. The van der Waals surface area contributed by atoms with Crippen molar-refractivity contribution in [1.82, 2.24) is 9.55 Å². The number of aryl methyl sites for hydroxylation is 3. The highest BCUT2D eigenvalue weighted by Crippen LogP contribution is 2.31. The van der Waals surface area contributed by atoms with Crippen LogP contribution in [0.5, 0.6) is 0 Å². The van der Waals surface area contributed by atoms with Gasteiger partial charge in [0.25, 0.3) is 5.56 Å². The van der Waals surface area contributed by atoms with E-state index in [-0.39, 0.29) is 5.56 Å². The molecule has 2 aromatic carbocycles. The fourth-order valence-electron chi connectivity index (χ4n) is 3.63. The fourth-order valence-corrected chi connectivity index (χ4v) is 4.70. The molecule has 0 radical (unpaired) electrons. The molecular formula is C24H22N2O3S. The molecule has 30 heavy (non-hydrogen) atoms. The largest absolute Gasteiger partial charge is 0.480 e. The molecule has 0 spiro atoms. The zero-order chi connectivity index (χ0) is 21.3. The maximum absolute atomic E-state index is 13.3. The van der Waals surface area contributed by atoms with Crippen LogP contribution in [-0.4, -0.2) is 20.6 Å². The van der Waals surface area contributed by atoms with Gasteiger partial charge in [0.05, 0.1) is 5.39 Å². The van der Waals surface area contributed by atoms with E-state index in [0.29, 0.717) is 28.9 Å². The van der Waals surface area contributed by atoms with E-state index in [0.717, 1.165) is 21.6 Å². The van der Waals surface area contributed by atoms with Gasteiger partial charge < -0.3 is 5.11 Å². The first-order valence-corrected chi connectivity index (χ1v) is 10.6. The third kappa shape index (κ3) is 3.91. The second-order valence-corrected chi connectivity index (χ2v) is 8.44. The first kappa shape index (κ1) is 20.0. The first-order valence-electron chi connectivity index (χ1n) is 9.80. The monoisotopic (exact) mass is 418 g/mol. The minimum Gasteiger partial charge on any atom is -0.480 e. The van der Waals surface area contributed by atoms with Crippen LogP contribution in [0.1, 0.15) is 29.4 Å². The van der Waals surface area contributed by atoms with Gasteiger partial charge in [-0.05, 0) is 43.9 Å². The summed E-state index contributed by atoms with van der Waals surface area (Å²) in [6.07, 6.45) is 0.891. The lowest BCUT2D eigenvalue weighted by Crippen LogP contribution is -2.32. The molecule has 0 saturated heterocycles. The maximum atomic E-state index is 13.3. The summed E-state index contributed by atoms with van der Waals surface area (Å²) >= 11 is 1.45. The minimum atomic E-state index is -1.02. The summed E-state index contributed by atoms with van der Waals surface area (Å²) in [5.41, 5.74) is 2.92. The summed E-state index contributed by atoms with van der Waals surface area (Å²) in [5, 5.41) is 10.3. The Balaban J connectivity index is 1.72. The van der Waals surface area contributed by atoms with Gasteiger partial charge in [0, 0.05) is 4.88 Å². The summed E-state index contributed by atoms with van der Waals surface area (Å²) < 4.78 is 1.33. The van der Waals surface area contributed by atoms with Crippen molar-refractivity contribution in [3.63, 3.8) is 0 Å². The van der Waals surface area contributed by atoms with E-state index in [1.807, 2.05) is 67.6 Å². The van der Waals surface area contributed by atoms with Gasteiger partial charge in [-0.25, -0.2) is 9.78 Å². The van der Waals surface area contributed by atoms with Crippen LogP contribution in [0.3, 0.4) is 0 Å². The van der Waals surface area contributed by atoms with Crippen molar-refractivity contribution in [1.29, 1.82) is 0 Å². The fraction of sp³-hybridized carbons (Fsp3) is 0.208. The lowest BCUT2D eigenvalue weighted by atomic mass is 10.0. The third-order valence-electron chi connectivity index (χ3n) is 5.26. The number of hydrogen-bond acceptors (Lipinski definition) is 4. The number of carboxylic acids is 1. The molecule has 152 valence electrons. The highest BCUT2D eigenvalue weighted by molar-refractivity contribution is 7.21. The Morgan fingerprint density at radius 1 is 1.10 bits per heavy atom. The van der Waals surface area contributed by atoms with Gasteiger partial charge in [-0.2, -0.15) is 0 Å². The van der Waals surface area contributed by atoms with Gasteiger partial charge in [-0.15, -0.1) is 11.3 Å². The number of carboxylic acid groups (broad SMARTS) is 1. The summed E-state index contributed by atoms with van der Waals surface area (Å²) in [4.78, 5) is 31.5. The second kappa shape index (κ2) is 8.24. The van der Waals surface area contributed by atoms with E-state index in [9.17, 15) is 14.7 Å². The quantitative estimate of drug-likeness (QED) is 0.478. The number of fused-ring (bicyclic) bond motifs is 1. The topological polar surface area (TPSA) is 72.2 Å². The van der Waals surface area contributed by atoms with E-state index < -0.39 is 12.0 Å². The SMILES string of the molecule is Cc1ccc(CCC(C(=O)O)n2c(C)nc3sc(-c4ccccc4)cc3c2=O)cc1. The van der Waals surface area contributed by atoms with Gasteiger partial charge in [0.2, 0.25) is 0 Å². The molecule has 0 saturated carbocycles. The maximum Gasteiger partial charge on any atom is 0.326 e. The molecule has 4 rings (SSSR count). The number of thiophene rings is 1. The predicted molar refractivity (Wildman–Crippen MR) is 120 cm³/mol. The van der Waals surface area contributed by atoms with Crippen molar-refractivity contribution in [3.8, 4) is 10.4 Å². The number of rotatable bonds is 6. The Hall–Kier alpha value is -3.25. The van der Waals surface area contributed by atoms with E-state index in [2.05, 4.69) is 4.98 Å². The summed E-state index contributed by atoms with van der Waals surface area (Å²) in [7, 11) is 0. The van der Waals surface area contributed by atoms with Gasteiger partial charge in [0.15, 0.2) is 0 Å². The van der Waals surface area contributed by atoms with Crippen molar-refractivity contribution < 1.29 is 9.90 Å². The third-order valence-corrected chi connectivity index (χ3v) is 6.33. The average molecular weight is 419 g/mol. The summed E-state index contributed by atoms with van der Waals surface area (Å²) in [5.74, 6) is -0.600. The van der Waals surface area contributed by atoms with Crippen LogP contribution in [0.2, 0.25) is 0 Å². The van der Waals surface area contributed by atoms with Crippen LogP contribution in [0.25, 0.3) is 20.7 Å². The molecule has 0 aliphatic heterocycles. The molecule has 1 atom stereocenters. The van der Waals surface area contributed by atoms with Crippen LogP contribution in [0, 0.1) is 13.8 Å². The van der Waals surface area contributed by atoms with Crippen molar-refractivity contribution in [3.05, 3.63) is 88.0 Å². The molecule has 0 aliphatic carbocycles. The van der Waals surface area contributed by atoms with Gasteiger partial charge in [-0.1, -0.05) is 60.2 Å². The molecule has 0 fully saturated rings. The minimum absolute atomic E-state index is 0.299. The van der Waals surface area contributed by atoms with Gasteiger partial charge in [0.1, 0.15) is 16.7 Å². The van der Waals surface area contributed by atoms with Crippen molar-refractivity contribution in [2.24, 2.45) is 0 Å². The molecule has 0 amide bonds. The predicted octanol–water partition coefficient (Wildman–Crippen LogP) is 5.00. The number of hydrogen-bond donors (Lipinski definition) is 1. The van der Waals surface area contributed by atoms with Gasteiger partial charge >= 0.3 is 5.97 Å². The van der Waals surface area contributed by atoms with E-state index >= 15 is 0 Å². The Labute approximate surface area is 178 Å². The van der Waals surface area contributed by atoms with Crippen LogP contribution in [0.15, 0.2) is 65.5 Å². The lowest BCUT2D eigenvalue weighted by Gasteiger charge is -2.18. The summed E-state index contributed by atoms with van der Waals surface area (Å²) in [6, 6.07) is 18.7. The molecule has 0 aliphatic rings. The van der Waals surface area contributed by atoms with E-state index in [4.69, 9.17) is 0 Å². The highest BCUT2D eigenvalue weighted by Gasteiger charge is 2.25. The second-order valence-electron chi connectivity index (χ2n) is 7.41. The zero-order valence-corrected chi connectivity index (χ0v) is 17.6. The van der Waals surface area contributed by atoms with Crippen molar-refractivity contribution >= 4 is 27.5 Å². The number of benzene rings is 2. The molecule has 1 unspecified atom stereocenters. The number of carbonyl (C=O) groups is 1. The number of nitrogens with zero attached hydrogens (tertiary/aromatic N) is 2. The van der Waals surface area contributed by atoms with Crippen molar-refractivity contribution in [2.45, 2.75) is 32.7 Å². The molecular weight excluding hydrogens is 396 g/mol. The molecule has 6 heteroatoms. The molecule has 2 heterocycles. The Kier molecular flexibility index (Phi) is 5.50. The van der Waals surface area contributed by atoms with Crippen LogP contribution < -0.4 is 5.56 Å². The normalized spacial score (nSPS) is 12.2. The molecule has 1 N–H and O–H groups in total. The van der Waals surface area contributed by atoms with Crippen LogP contribution >= 0.6 is 11.3 Å². The number of aliphatic carboxylic acids is 1. The first-order chi connectivity index (χ1) is 14.4. The van der Waals surface area contributed by atoms with E-state index in [1.54, 1.807) is 6.92 Å². The lowest BCUT2D eigenvalue weighted by molar-refractivity contribution is -0.141. The number of aromatic nitrogens is 2. The van der Waals surface area contributed by atoms with Crippen molar-refractivity contribution in [2.75, 3.05) is 0 Å². The highest BCUT2D eigenvalue weighted by atomic mass is 32.1. The Bertz CT molecular complexity index is 1260. The molecule has 2 aromatic heterocycles. The molecule has 0 bridgehead atoms. The van der Waals surface area contributed by atoms with Gasteiger partial charge in [-0.3, -0.25) is 9.36 Å². The Morgan fingerprint density at radius 3 is 2.47 bits per heavy atom. The van der Waals surface area contributed by atoms with E-state index in [1.165, 1.54) is 15.9 Å². The standard InChI is InChI=1S/C24H22N2O3S/c1-15-8-10-17(11-9-15)12-13-20(24(28)29)26-16(2)25-22-19(23(26)27)14-21(30-22)18-6-4-3-5-7-18/h3-11,14,20H,12-13H2,1-2H3,(H,28,29). The smallest absolute Gasteiger partial charge is 0.326 e. The van der Waals surface area contributed by atoms with Crippen LogP contribution in [0.4, 0.5) is 0 Å². The van der Waals surface area contributed by atoms with Crippen LogP contribution in [-0.2, 0) is 11.2 Å².